The molecule has 0 atom stereocenters. The summed E-state index contributed by atoms with van der Waals surface area (Å²) in [7, 11) is 0. The molecule has 1 aromatic rings. The summed E-state index contributed by atoms with van der Waals surface area (Å²) in [6.45, 7) is 1.90. The van der Waals surface area contributed by atoms with Crippen LogP contribution in [0.5, 0.6) is 0 Å². The molecule has 0 aliphatic heterocycles. The highest BCUT2D eigenvalue weighted by Gasteiger charge is 2.05. The van der Waals surface area contributed by atoms with Gasteiger partial charge in [-0.2, -0.15) is 5.26 Å². The molecule has 0 bridgehead atoms. The zero-order chi connectivity index (χ0) is 10.6. The van der Waals surface area contributed by atoms with E-state index in [4.69, 9.17) is 10.4 Å². The van der Waals surface area contributed by atoms with Crippen LogP contribution in [0.2, 0.25) is 0 Å². The van der Waals surface area contributed by atoms with Gasteiger partial charge in [-0.3, -0.25) is 4.79 Å². The van der Waals surface area contributed by atoms with E-state index in [9.17, 15) is 4.79 Å². The molecule has 0 radical (unpaired) electrons. The number of carbonyl (C=O) groups is 1. The molecule has 0 fully saturated rings. The summed E-state index contributed by atoms with van der Waals surface area (Å²) in [6, 6.07) is 7.45. The van der Waals surface area contributed by atoms with Gasteiger partial charge >= 0.3 is 5.97 Å². The molecule has 1 N–H and O–H groups in total. The maximum absolute atomic E-state index is 10.3. The number of hydrogen-bond acceptors (Lipinski definition) is 3. The van der Waals surface area contributed by atoms with Crippen molar-refractivity contribution in [2.45, 2.75) is 11.8 Å². The Bertz CT molecular complexity index is 396. The fourth-order valence-electron chi connectivity index (χ4n) is 0.997. The number of carboxylic acids is 1. The first-order valence-electron chi connectivity index (χ1n) is 3.99. The summed E-state index contributed by atoms with van der Waals surface area (Å²) in [5.41, 5.74) is 1.54. The Kier molecular flexibility index (Phi) is 3.55. The Balaban J connectivity index is 2.87. The molecule has 1 rings (SSSR count). The van der Waals surface area contributed by atoms with Gasteiger partial charge in [0, 0.05) is 4.90 Å². The number of benzene rings is 1. The first-order valence-corrected chi connectivity index (χ1v) is 4.97. The van der Waals surface area contributed by atoms with Gasteiger partial charge in [-0.1, -0.05) is 6.07 Å². The Hall–Kier alpha value is -1.47. The quantitative estimate of drug-likeness (QED) is 0.770. The normalized spacial score (nSPS) is 9.43. The zero-order valence-electron chi connectivity index (χ0n) is 7.65. The van der Waals surface area contributed by atoms with Crippen molar-refractivity contribution in [2.24, 2.45) is 0 Å². The van der Waals surface area contributed by atoms with E-state index in [-0.39, 0.29) is 5.75 Å². The lowest BCUT2D eigenvalue weighted by Crippen LogP contribution is -1.98. The van der Waals surface area contributed by atoms with Gasteiger partial charge in [0.1, 0.15) is 6.07 Å². The van der Waals surface area contributed by atoms with Gasteiger partial charge in [0.05, 0.1) is 11.3 Å². The maximum Gasteiger partial charge on any atom is 0.313 e. The van der Waals surface area contributed by atoms with E-state index in [1.165, 1.54) is 11.8 Å². The number of hydrogen-bond donors (Lipinski definition) is 1. The van der Waals surface area contributed by atoms with Crippen molar-refractivity contribution in [2.75, 3.05) is 5.75 Å². The molecule has 0 aliphatic rings. The van der Waals surface area contributed by atoms with E-state index in [0.29, 0.717) is 5.56 Å². The summed E-state index contributed by atoms with van der Waals surface area (Å²) in [5, 5.41) is 17.3. The summed E-state index contributed by atoms with van der Waals surface area (Å²) in [6.07, 6.45) is 0. The highest BCUT2D eigenvalue weighted by molar-refractivity contribution is 8.00. The summed E-state index contributed by atoms with van der Waals surface area (Å²) in [5.74, 6) is -0.892. The summed E-state index contributed by atoms with van der Waals surface area (Å²) >= 11 is 1.17. The summed E-state index contributed by atoms with van der Waals surface area (Å²) in [4.78, 5) is 11.1. The van der Waals surface area contributed by atoms with Crippen LogP contribution in [-0.4, -0.2) is 16.8 Å². The van der Waals surface area contributed by atoms with Crippen molar-refractivity contribution >= 4 is 17.7 Å². The average Bonchev–Trinajstić information content (AvgIpc) is 2.15. The molecule has 0 unspecified atom stereocenters. The highest BCUT2D eigenvalue weighted by Crippen LogP contribution is 2.22. The van der Waals surface area contributed by atoms with Gasteiger partial charge in [0.15, 0.2) is 0 Å². The van der Waals surface area contributed by atoms with Crippen LogP contribution in [0.15, 0.2) is 23.1 Å². The van der Waals surface area contributed by atoms with Crippen molar-refractivity contribution in [1.29, 1.82) is 5.26 Å². The second-order valence-electron chi connectivity index (χ2n) is 2.79. The first kappa shape index (κ1) is 10.6. The van der Waals surface area contributed by atoms with Crippen LogP contribution in [0.1, 0.15) is 11.1 Å². The van der Waals surface area contributed by atoms with E-state index in [1.54, 1.807) is 12.1 Å². The molecule has 3 nitrogen and oxygen atoms in total. The molecule has 0 aromatic heterocycles. The van der Waals surface area contributed by atoms with Gasteiger partial charge in [-0.15, -0.1) is 11.8 Å². The molecule has 1 aromatic carbocycles. The number of aliphatic carboxylic acids is 1. The molecule has 0 spiro atoms. The highest BCUT2D eigenvalue weighted by atomic mass is 32.2. The maximum atomic E-state index is 10.3. The van der Waals surface area contributed by atoms with Crippen molar-refractivity contribution in [1.82, 2.24) is 0 Å². The third kappa shape index (κ3) is 2.79. The Morgan fingerprint density at radius 3 is 2.93 bits per heavy atom. The molecule has 0 amide bonds. The monoisotopic (exact) mass is 207 g/mol. The molecular formula is C10H9NO2S. The Morgan fingerprint density at radius 1 is 1.64 bits per heavy atom. The van der Waals surface area contributed by atoms with Gasteiger partial charge < -0.3 is 5.11 Å². The molecule has 4 heteroatoms. The third-order valence-corrected chi connectivity index (χ3v) is 2.66. The van der Waals surface area contributed by atoms with E-state index in [0.717, 1.165) is 10.5 Å². The second-order valence-corrected chi connectivity index (χ2v) is 3.81. The van der Waals surface area contributed by atoms with Gasteiger partial charge in [-0.25, -0.2) is 0 Å². The number of nitriles is 1. The molecule has 0 heterocycles. The fourth-order valence-corrected chi connectivity index (χ4v) is 1.70. The van der Waals surface area contributed by atoms with E-state index in [2.05, 4.69) is 0 Å². The first-order chi connectivity index (χ1) is 6.63. The molecular weight excluding hydrogens is 198 g/mol. The average molecular weight is 207 g/mol. The topological polar surface area (TPSA) is 61.1 Å². The van der Waals surface area contributed by atoms with Gasteiger partial charge in [-0.05, 0) is 24.6 Å². The minimum atomic E-state index is -0.875. The van der Waals surface area contributed by atoms with Crippen LogP contribution in [0.4, 0.5) is 0 Å². The SMILES string of the molecule is Cc1ccc(SCC(=O)O)c(C#N)c1. The van der Waals surface area contributed by atoms with Crippen LogP contribution >= 0.6 is 11.8 Å². The van der Waals surface area contributed by atoms with Crippen LogP contribution in [-0.2, 0) is 4.79 Å². The fraction of sp³-hybridized carbons (Fsp3) is 0.200. The lowest BCUT2D eigenvalue weighted by atomic mass is 10.2. The van der Waals surface area contributed by atoms with Crippen molar-refractivity contribution in [3.05, 3.63) is 29.3 Å². The molecule has 0 saturated carbocycles. The zero-order valence-corrected chi connectivity index (χ0v) is 8.47. The van der Waals surface area contributed by atoms with Crippen LogP contribution < -0.4 is 0 Å². The molecule has 72 valence electrons. The lowest BCUT2D eigenvalue weighted by molar-refractivity contribution is -0.133. The Morgan fingerprint density at radius 2 is 2.36 bits per heavy atom. The van der Waals surface area contributed by atoms with Crippen LogP contribution in [0.3, 0.4) is 0 Å². The Labute approximate surface area is 86.4 Å². The van der Waals surface area contributed by atoms with Crippen molar-refractivity contribution < 1.29 is 9.90 Å². The lowest BCUT2D eigenvalue weighted by Gasteiger charge is -2.02. The van der Waals surface area contributed by atoms with Crippen LogP contribution in [0.25, 0.3) is 0 Å². The molecule has 14 heavy (non-hydrogen) atoms. The molecule has 0 aliphatic carbocycles. The smallest absolute Gasteiger partial charge is 0.313 e. The second kappa shape index (κ2) is 4.68. The van der Waals surface area contributed by atoms with Crippen LogP contribution in [0, 0.1) is 18.3 Å². The van der Waals surface area contributed by atoms with Crippen molar-refractivity contribution in [3.63, 3.8) is 0 Å². The van der Waals surface area contributed by atoms with Gasteiger partial charge in [0.25, 0.3) is 0 Å². The minimum Gasteiger partial charge on any atom is -0.481 e. The predicted octanol–water partition coefficient (Wildman–Crippen LogP) is 2.04. The standard InChI is InChI=1S/C10H9NO2S/c1-7-2-3-9(8(4-7)5-11)14-6-10(12)13/h2-4H,6H2,1H3,(H,12,13). The number of nitrogens with zero attached hydrogens (tertiary/aromatic N) is 1. The number of carboxylic acid groups (broad SMARTS) is 1. The molecule has 0 saturated heterocycles. The predicted molar refractivity (Wildman–Crippen MR) is 54.3 cm³/mol. The van der Waals surface area contributed by atoms with Crippen molar-refractivity contribution in [3.8, 4) is 6.07 Å². The number of thioether (sulfide) groups is 1. The third-order valence-electron chi connectivity index (χ3n) is 1.61. The van der Waals surface area contributed by atoms with E-state index in [1.807, 2.05) is 19.1 Å². The largest absolute Gasteiger partial charge is 0.481 e. The van der Waals surface area contributed by atoms with Gasteiger partial charge in [0.2, 0.25) is 0 Å². The number of aryl methyl sites for hydroxylation is 1. The van der Waals surface area contributed by atoms with E-state index >= 15 is 0 Å². The summed E-state index contributed by atoms with van der Waals surface area (Å²) < 4.78 is 0. The van der Waals surface area contributed by atoms with E-state index < -0.39 is 5.97 Å². The minimum absolute atomic E-state index is 0.0161. The number of rotatable bonds is 3.